The zero-order valence-corrected chi connectivity index (χ0v) is 8.28. The number of nitrogens with two attached hydrogens (primary N) is 1. The van der Waals surface area contributed by atoms with E-state index in [0.29, 0.717) is 0 Å². The Kier molecular flexibility index (Phi) is 2.90. The molecule has 0 aliphatic rings. The van der Waals surface area contributed by atoms with Crippen molar-refractivity contribution in [2.45, 2.75) is 0 Å². The van der Waals surface area contributed by atoms with Crippen LogP contribution < -0.4 is 10.6 Å². The molecule has 0 atom stereocenters. The lowest BCUT2D eigenvalue weighted by Crippen LogP contribution is -1.80. The third-order valence-corrected chi connectivity index (χ3v) is 2.94. The minimum Gasteiger partial charge on any atom is -0.486 e. The molecular weight excluding hydrogens is 228 g/mol. The second-order valence-electron chi connectivity index (χ2n) is 1.77. The number of methoxy groups -OCH3 is 1. The molecule has 0 saturated heterocycles. The summed E-state index contributed by atoms with van der Waals surface area (Å²) in [6.45, 7) is 0. The van der Waals surface area contributed by atoms with Crippen LogP contribution in [-0.4, -0.2) is 13.3 Å². The van der Waals surface area contributed by atoms with Crippen molar-refractivity contribution >= 4 is 33.5 Å². The van der Waals surface area contributed by atoms with Crippen LogP contribution >= 0.6 is 27.3 Å². The molecule has 0 saturated carbocycles. The normalized spacial score (nSPS) is 10.7. The summed E-state index contributed by atoms with van der Waals surface area (Å²) < 4.78 is 5.97. The van der Waals surface area contributed by atoms with E-state index < -0.39 is 0 Å². The van der Waals surface area contributed by atoms with Gasteiger partial charge in [0.25, 0.3) is 0 Å². The average Bonchev–Trinajstić information content (AvgIpc) is 2.32. The molecule has 0 amide bonds. The van der Waals surface area contributed by atoms with Gasteiger partial charge in [-0.3, -0.25) is 0 Å². The number of ether oxygens (including phenoxy) is 1. The molecule has 0 aliphatic carbocycles. The number of nitrogens with zero attached hydrogens (tertiary/aromatic N) is 1. The van der Waals surface area contributed by atoms with E-state index in [4.69, 9.17) is 10.6 Å². The standard InChI is InChI=1S/C6H7BrN2OS/c1-10-6-5(7)2-4(11-6)3-9-8/h2-3H,8H2,1H3/b9-3+. The molecule has 0 aliphatic heterocycles. The molecule has 5 heteroatoms. The zero-order chi connectivity index (χ0) is 8.27. The van der Waals surface area contributed by atoms with Crippen molar-refractivity contribution in [1.82, 2.24) is 0 Å². The highest BCUT2D eigenvalue weighted by molar-refractivity contribution is 9.10. The Morgan fingerprint density at radius 2 is 2.55 bits per heavy atom. The van der Waals surface area contributed by atoms with Gasteiger partial charge in [0.1, 0.15) is 0 Å². The maximum Gasteiger partial charge on any atom is 0.188 e. The van der Waals surface area contributed by atoms with Crippen LogP contribution in [0.1, 0.15) is 4.88 Å². The Morgan fingerprint density at radius 3 is 3.00 bits per heavy atom. The summed E-state index contributed by atoms with van der Waals surface area (Å²) in [5.74, 6) is 4.98. The Hall–Kier alpha value is -0.550. The molecule has 0 radical (unpaired) electrons. The lowest BCUT2D eigenvalue weighted by Gasteiger charge is -1.91. The van der Waals surface area contributed by atoms with Gasteiger partial charge in [0.15, 0.2) is 5.06 Å². The first-order valence-corrected chi connectivity index (χ1v) is 4.45. The van der Waals surface area contributed by atoms with Crippen LogP contribution in [0, 0.1) is 0 Å². The van der Waals surface area contributed by atoms with Gasteiger partial charge in [0.2, 0.25) is 0 Å². The molecule has 1 aromatic rings. The summed E-state index contributed by atoms with van der Waals surface area (Å²) in [6.07, 6.45) is 1.58. The molecule has 3 nitrogen and oxygen atoms in total. The lowest BCUT2D eigenvalue weighted by molar-refractivity contribution is 0.425. The van der Waals surface area contributed by atoms with E-state index in [9.17, 15) is 0 Å². The zero-order valence-electron chi connectivity index (χ0n) is 5.87. The fourth-order valence-electron chi connectivity index (χ4n) is 0.645. The summed E-state index contributed by atoms with van der Waals surface area (Å²) in [5, 5.41) is 4.24. The first-order chi connectivity index (χ1) is 5.27. The smallest absolute Gasteiger partial charge is 0.188 e. The first kappa shape index (κ1) is 8.55. The van der Waals surface area contributed by atoms with Crippen molar-refractivity contribution in [3.05, 3.63) is 15.4 Å². The molecule has 11 heavy (non-hydrogen) atoms. The molecular formula is C6H7BrN2OS. The summed E-state index contributed by atoms with van der Waals surface area (Å²) in [4.78, 5) is 0.969. The number of halogens is 1. The van der Waals surface area contributed by atoms with Crippen molar-refractivity contribution in [3.8, 4) is 5.06 Å². The van der Waals surface area contributed by atoms with Crippen LogP contribution in [0.15, 0.2) is 15.6 Å². The summed E-state index contributed by atoms with van der Waals surface area (Å²) in [6, 6.07) is 1.90. The van der Waals surface area contributed by atoms with Gasteiger partial charge in [-0.1, -0.05) is 11.3 Å². The van der Waals surface area contributed by atoms with Crippen LogP contribution in [-0.2, 0) is 0 Å². The van der Waals surface area contributed by atoms with Gasteiger partial charge in [-0.25, -0.2) is 0 Å². The summed E-state index contributed by atoms with van der Waals surface area (Å²) >= 11 is 4.82. The third-order valence-electron chi connectivity index (χ3n) is 1.06. The average molecular weight is 235 g/mol. The maximum atomic E-state index is 5.04. The van der Waals surface area contributed by atoms with Crippen molar-refractivity contribution in [2.24, 2.45) is 10.9 Å². The molecule has 1 rings (SSSR count). The SMILES string of the molecule is COc1sc(/C=N/N)cc1Br. The molecule has 0 bridgehead atoms. The minimum atomic E-state index is 0.833. The molecule has 0 aromatic carbocycles. The number of rotatable bonds is 2. The quantitative estimate of drug-likeness (QED) is 0.482. The van der Waals surface area contributed by atoms with Crippen molar-refractivity contribution in [1.29, 1.82) is 0 Å². The third kappa shape index (κ3) is 1.94. The number of thiophene rings is 1. The largest absolute Gasteiger partial charge is 0.486 e. The van der Waals surface area contributed by atoms with Crippen LogP contribution in [0.3, 0.4) is 0 Å². The van der Waals surface area contributed by atoms with Crippen LogP contribution in [0.25, 0.3) is 0 Å². The van der Waals surface area contributed by atoms with Crippen LogP contribution in [0.5, 0.6) is 5.06 Å². The fourth-order valence-corrected chi connectivity index (χ4v) is 2.19. The van der Waals surface area contributed by atoms with E-state index in [2.05, 4.69) is 21.0 Å². The van der Waals surface area contributed by atoms with Gasteiger partial charge in [0.05, 0.1) is 22.7 Å². The van der Waals surface area contributed by atoms with Crippen molar-refractivity contribution < 1.29 is 4.74 Å². The second-order valence-corrected chi connectivity index (χ2v) is 3.67. The molecule has 2 N–H and O–H groups in total. The number of hydrogen-bond acceptors (Lipinski definition) is 4. The maximum absolute atomic E-state index is 5.04. The van der Waals surface area contributed by atoms with Crippen molar-refractivity contribution in [2.75, 3.05) is 7.11 Å². The Morgan fingerprint density at radius 1 is 1.82 bits per heavy atom. The first-order valence-electron chi connectivity index (χ1n) is 2.84. The molecule has 1 aromatic heterocycles. The second kappa shape index (κ2) is 3.73. The highest BCUT2D eigenvalue weighted by Crippen LogP contribution is 2.33. The van der Waals surface area contributed by atoms with E-state index in [1.165, 1.54) is 11.3 Å². The van der Waals surface area contributed by atoms with Gasteiger partial charge < -0.3 is 10.6 Å². The summed E-state index contributed by atoms with van der Waals surface area (Å²) in [5.41, 5.74) is 0. The number of hydrogen-bond donors (Lipinski definition) is 1. The number of hydrazone groups is 1. The van der Waals surface area contributed by atoms with E-state index in [1.54, 1.807) is 13.3 Å². The highest BCUT2D eigenvalue weighted by atomic mass is 79.9. The Bertz CT molecular complexity index is 272. The highest BCUT2D eigenvalue weighted by Gasteiger charge is 2.04. The van der Waals surface area contributed by atoms with Gasteiger partial charge in [-0.15, -0.1) is 0 Å². The molecule has 1 heterocycles. The summed E-state index contributed by atoms with van der Waals surface area (Å²) in [7, 11) is 1.62. The molecule has 0 fully saturated rings. The predicted molar refractivity (Wildman–Crippen MR) is 50.4 cm³/mol. The topological polar surface area (TPSA) is 47.6 Å². The van der Waals surface area contributed by atoms with Gasteiger partial charge in [-0.2, -0.15) is 5.10 Å². The monoisotopic (exact) mass is 234 g/mol. The minimum absolute atomic E-state index is 0.833. The lowest BCUT2D eigenvalue weighted by atomic mass is 10.5. The van der Waals surface area contributed by atoms with E-state index in [-0.39, 0.29) is 0 Å². The van der Waals surface area contributed by atoms with Crippen LogP contribution in [0.4, 0.5) is 0 Å². The van der Waals surface area contributed by atoms with Crippen molar-refractivity contribution in [3.63, 3.8) is 0 Å². The van der Waals surface area contributed by atoms with Gasteiger partial charge in [0, 0.05) is 0 Å². The van der Waals surface area contributed by atoms with Crippen LogP contribution in [0.2, 0.25) is 0 Å². The molecule has 0 spiro atoms. The fraction of sp³-hybridized carbons (Fsp3) is 0.167. The van der Waals surface area contributed by atoms with E-state index in [0.717, 1.165) is 14.4 Å². The van der Waals surface area contributed by atoms with E-state index in [1.807, 2.05) is 6.07 Å². The molecule has 60 valence electrons. The predicted octanol–water partition coefficient (Wildman–Crippen LogP) is 1.81. The van der Waals surface area contributed by atoms with Gasteiger partial charge in [-0.05, 0) is 22.0 Å². The molecule has 0 unspecified atom stereocenters. The Labute approximate surface area is 77.0 Å². The van der Waals surface area contributed by atoms with Gasteiger partial charge >= 0.3 is 0 Å². The van der Waals surface area contributed by atoms with E-state index >= 15 is 0 Å². The Balaban J connectivity index is 2.95.